The smallest absolute Gasteiger partial charge is 0.347 e. The average Bonchev–Trinajstić information content (AvgIpc) is 3.14. The minimum absolute atomic E-state index is 0.147. The number of aromatic nitrogens is 3. The van der Waals surface area contributed by atoms with Gasteiger partial charge in [0.25, 0.3) is 0 Å². The van der Waals surface area contributed by atoms with Crippen LogP contribution in [0.5, 0.6) is 0 Å². The van der Waals surface area contributed by atoms with Gasteiger partial charge >= 0.3 is 11.9 Å². The largest absolute Gasteiger partial charge is 0.481 e. The lowest BCUT2D eigenvalue weighted by Crippen LogP contribution is -2.40. The molecule has 1 atom stereocenters. The first-order valence-electron chi connectivity index (χ1n) is 10.6. The molecule has 4 N–H and O–H groups in total. The number of nitrogens with one attached hydrogen (secondary N) is 1. The van der Waals surface area contributed by atoms with Crippen LogP contribution in [0, 0.1) is 12.8 Å². The molecule has 2 aliphatic rings. The Morgan fingerprint density at radius 2 is 1.75 bits per heavy atom. The number of hydrogen-bond donors (Lipinski definition) is 4. The highest BCUT2D eigenvalue weighted by atomic mass is 32.1. The number of piperidine rings is 2. The summed E-state index contributed by atoms with van der Waals surface area (Å²) in [5, 5.41) is 32.0. The molecule has 2 aromatic heterocycles. The van der Waals surface area contributed by atoms with Crippen LogP contribution in [0.1, 0.15) is 41.0 Å². The van der Waals surface area contributed by atoms with E-state index in [1.807, 2.05) is 11.0 Å². The van der Waals surface area contributed by atoms with Gasteiger partial charge in [-0.15, -0.1) is 0 Å². The van der Waals surface area contributed by atoms with Crippen LogP contribution in [0.3, 0.4) is 0 Å². The standard InChI is InChI=1S/C20H26N6O5S/c1-11-16(18(30)31)32-20(21-11)24-19-22-14(25-7-4-13(27)5-8-25)9-15(23-19)26-6-2-3-12(10-26)17(28)29/h9,12-13,27H,2-8,10H2,1H3,(H,28,29)(H,30,31)(H,21,22,23,24). The lowest BCUT2D eigenvalue weighted by molar-refractivity contribution is -0.141. The molecular formula is C20H26N6O5S. The number of nitrogens with zero attached hydrogens (tertiary/aromatic N) is 5. The molecule has 2 saturated heterocycles. The zero-order valence-electron chi connectivity index (χ0n) is 17.7. The van der Waals surface area contributed by atoms with Crippen molar-refractivity contribution < 1.29 is 24.9 Å². The Labute approximate surface area is 188 Å². The van der Waals surface area contributed by atoms with Gasteiger partial charge in [0.1, 0.15) is 16.5 Å². The van der Waals surface area contributed by atoms with E-state index in [0.29, 0.717) is 67.9 Å². The Kier molecular flexibility index (Phi) is 6.42. The fraction of sp³-hybridized carbons (Fsp3) is 0.550. The summed E-state index contributed by atoms with van der Waals surface area (Å²) in [5.41, 5.74) is 0.409. The normalized spacial score (nSPS) is 19.8. The number of carboxylic acids is 2. The van der Waals surface area contributed by atoms with Gasteiger partial charge in [0.15, 0.2) is 5.13 Å². The van der Waals surface area contributed by atoms with Gasteiger partial charge in [-0.25, -0.2) is 9.78 Å². The number of aryl methyl sites for hydroxylation is 1. The monoisotopic (exact) mass is 462 g/mol. The lowest BCUT2D eigenvalue weighted by Gasteiger charge is -2.34. The summed E-state index contributed by atoms with van der Waals surface area (Å²) in [6.45, 7) is 3.98. The second-order valence-electron chi connectivity index (χ2n) is 8.11. The van der Waals surface area contributed by atoms with Crippen molar-refractivity contribution in [3.05, 3.63) is 16.6 Å². The molecule has 0 bridgehead atoms. The average molecular weight is 463 g/mol. The predicted octanol–water partition coefficient (Wildman–Crippen LogP) is 1.95. The summed E-state index contributed by atoms with van der Waals surface area (Å²) in [4.78, 5) is 40.5. The number of aliphatic carboxylic acids is 1. The molecule has 172 valence electrons. The maximum Gasteiger partial charge on any atom is 0.347 e. The van der Waals surface area contributed by atoms with Gasteiger partial charge in [-0.2, -0.15) is 9.97 Å². The van der Waals surface area contributed by atoms with Crippen LogP contribution in [0.4, 0.5) is 22.7 Å². The van der Waals surface area contributed by atoms with E-state index >= 15 is 0 Å². The number of hydrogen-bond acceptors (Lipinski definition) is 10. The molecule has 0 aromatic carbocycles. The van der Waals surface area contributed by atoms with E-state index in [-0.39, 0.29) is 16.9 Å². The second-order valence-corrected chi connectivity index (χ2v) is 9.11. The van der Waals surface area contributed by atoms with Crippen LogP contribution < -0.4 is 15.1 Å². The van der Waals surface area contributed by atoms with E-state index in [0.717, 1.165) is 17.8 Å². The van der Waals surface area contributed by atoms with Crippen molar-refractivity contribution in [2.75, 3.05) is 41.3 Å². The van der Waals surface area contributed by atoms with E-state index < -0.39 is 17.9 Å². The number of aliphatic hydroxyl groups is 1. The summed E-state index contributed by atoms with van der Waals surface area (Å²) < 4.78 is 0. The number of aromatic carboxylic acids is 1. The molecule has 0 radical (unpaired) electrons. The van der Waals surface area contributed by atoms with E-state index in [1.165, 1.54) is 0 Å². The van der Waals surface area contributed by atoms with Crippen LogP contribution in [0.25, 0.3) is 0 Å². The zero-order valence-corrected chi connectivity index (χ0v) is 18.5. The summed E-state index contributed by atoms with van der Waals surface area (Å²) in [6.07, 6.45) is 2.34. The summed E-state index contributed by atoms with van der Waals surface area (Å²) >= 11 is 1.01. The first-order valence-corrected chi connectivity index (χ1v) is 11.4. The highest BCUT2D eigenvalue weighted by Crippen LogP contribution is 2.30. The van der Waals surface area contributed by atoms with E-state index in [1.54, 1.807) is 6.92 Å². The first kappa shape index (κ1) is 22.2. The number of rotatable bonds is 6. The van der Waals surface area contributed by atoms with Crippen LogP contribution in [0.15, 0.2) is 6.07 Å². The van der Waals surface area contributed by atoms with Gasteiger partial charge in [0.05, 0.1) is 17.7 Å². The van der Waals surface area contributed by atoms with Crippen LogP contribution >= 0.6 is 11.3 Å². The molecule has 4 rings (SSSR count). The van der Waals surface area contributed by atoms with Crippen molar-refractivity contribution in [1.82, 2.24) is 15.0 Å². The highest BCUT2D eigenvalue weighted by molar-refractivity contribution is 7.17. The molecule has 0 saturated carbocycles. The van der Waals surface area contributed by atoms with Crippen LogP contribution in [0.2, 0.25) is 0 Å². The third-order valence-electron chi connectivity index (χ3n) is 5.79. The number of aliphatic hydroxyl groups excluding tert-OH is 1. The van der Waals surface area contributed by atoms with Crippen LogP contribution in [-0.2, 0) is 4.79 Å². The van der Waals surface area contributed by atoms with Gasteiger partial charge in [-0.3, -0.25) is 10.1 Å². The molecule has 2 aliphatic heterocycles. The fourth-order valence-corrected chi connectivity index (χ4v) is 4.83. The molecule has 0 aliphatic carbocycles. The molecule has 32 heavy (non-hydrogen) atoms. The minimum Gasteiger partial charge on any atom is -0.481 e. The van der Waals surface area contributed by atoms with Crippen molar-refractivity contribution in [2.45, 2.75) is 38.7 Å². The molecule has 11 nitrogen and oxygen atoms in total. The van der Waals surface area contributed by atoms with Crippen LogP contribution in [-0.4, -0.2) is 74.5 Å². The lowest BCUT2D eigenvalue weighted by atomic mass is 9.98. The zero-order chi connectivity index (χ0) is 22.8. The number of carboxylic acid groups (broad SMARTS) is 2. The molecule has 0 spiro atoms. The van der Waals surface area contributed by atoms with Crippen molar-refractivity contribution in [1.29, 1.82) is 0 Å². The Hall–Kier alpha value is -2.99. The van der Waals surface area contributed by atoms with Gasteiger partial charge in [0.2, 0.25) is 5.95 Å². The Bertz CT molecular complexity index is 1010. The maximum atomic E-state index is 11.5. The number of anilines is 4. The van der Waals surface area contributed by atoms with Crippen molar-refractivity contribution in [2.24, 2.45) is 5.92 Å². The molecular weight excluding hydrogens is 436 g/mol. The number of carbonyl (C=O) groups is 2. The highest BCUT2D eigenvalue weighted by Gasteiger charge is 2.28. The summed E-state index contributed by atoms with van der Waals surface area (Å²) in [5.74, 6) is -0.750. The van der Waals surface area contributed by atoms with Crippen molar-refractivity contribution in [3.8, 4) is 0 Å². The van der Waals surface area contributed by atoms with E-state index in [2.05, 4.69) is 25.2 Å². The SMILES string of the molecule is Cc1nc(Nc2nc(N3CCC(O)CC3)cc(N3CCCC(C(=O)O)C3)n2)sc1C(=O)O. The Morgan fingerprint density at radius 3 is 2.38 bits per heavy atom. The summed E-state index contributed by atoms with van der Waals surface area (Å²) in [7, 11) is 0. The molecule has 12 heteroatoms. The predicted molar refractivity (Wildman–Crippen MR) is 119 cm³/mol. The Balaban J connectivity index is 1.65. The molecule has 2 aromatic rings. The van der Waals surface area contributed by atoms with Gasteiger partial charge < -0.3 is 25.1 Å². The molecule has 1 unspecified atom stereocenters. The number of thiazole rings is 1. The molecule has 4 heterocycles. The third-order valence-corrected chi connectivity index (χ3v) is 6.85. The van der Waals surface area contributed by atoms with Gasteiger partial charge in [-0.05, 0) is 32.6 Å². The minimum atomic E-state index is -1.04. The van der Waals surface area contributed by atoms with E-state index in [9.17, 15) is 24.9 Å². The van der Waals surface area contributed by atoms with Gasteiger partial charge in [0, 0.05) is 32.2 Å². The van der Waals surface area contributed by atoms with Gasteiger partial charge in [-0.1, -0.05) is 11.3 Å². The van der Waals surface area contributed by atoms with Crippen molar-refractivity contribution >= 4 is 46.0 Å². The van der Waals surface area contributed by atoms with Crippen molar-refractivity contribution in [3.63, 3.8) is 0 Å². The Morgan fingerprint density at radius 1 is 1.06 bits per heavy atom. The molecule has 2 fully saturated rings. The summed E-state index contributed by atoms with van der Waals surface area (Å²) in [6, 6.07) is 1.85. The maximum absolute atomic E-state index is 11.5. The first-order chi connectivity index (χ1) is 15.3. The molecule has 0 amide bonds. The fourth-order valence-electron chi connectivity index (χ4n) is 4.03. The third kappa shape index (κ3) is 4.91. The van der Waals surface area contributed by atoms with E-state index in [4.69, 9.17) is 0 Å². The quantitative estimate of drug-likeness (QED) is 0.498. The topological polar surface area (TPSA) is 152 Å². The second kappa shape index (κ2) is 9.25.